The zero-order chi connectivity index (χ0) is 16.7. The largest absolute Gasteiger partial charge is 0.377 e. The molecular formula is C15H21BrN6O2. The average Bonchev–Trinajstić information content (AvgIpc) is 2.95. The molecule has 2 fully saturated rings. The summed E-state index contributed by atoms with van der Waals surface area (Å²) >= 11 is 3.42. The maximum Gasteiger partial charge on any atom is 0.229 e. The lowest BCUT2D eigenvalue weighted by atomic mass is 10.2. The van der Waals surface area contributed by atoms with E-state index in [4.69, 9.17) is 19.4 Å². The third kappa shape index (κ3) is 2.84. The summed E-state index contributed by atoms with van der Waals surface area (Å²) in [5.74, 6) is 1.59. The fourth-order valence-corrected chi connectivity index (χ4v) is 3.61. The van der Waals surface area contributed by atoms with Gasteiger partial charge in [0, 0.05) is 13.1 Å². The third-order valence-electron chi connectivity index (χ3n) is 4.55. The van der Waals surface area contributed by atoms with E-state index in [0.717, 1.165) is 36.0 Å². The van der Waals surface area contributed by atoms with Gasteiger partial charge in [0.2, 0.25) is 5.95 Å². The van der Waals surface area contributed by atoms with Gasteiger partial charge in [0.05, 0.1) is 38.5 Å². The summed E-state index contributed by atoms with van der Waals surface area (Å²) in [6, 6.07) is 0.500. The first kappa shape index (κ1) is 16.0. The second-order valence-electron chi connectivity index (χ2n) is 6.31. The molecule has 9 heteroatoms. The molecule has 1 N–H and O–H groups in total. The number of halogens is 1. The molecule has 0 saturated carbocycles. The molecule has 2 aromatic rings. The van der Waals surface area contributed by atoms with Crippen LogP contribution < -0.4 is 9.80 Å². The number of nitrogens with one attached hydrogen (secondary N) is 1. The highest BCUT2D eigenvalue weighted by molar-refractivity contribution is 9.10. The van der Waals surface area contributed by atoms with Gasteiger partial charge < -0.3 is 24.3 Å². The van der Waals surface area contributed by atoms with Gasteiger partial charge in [-0.15, -0.1) is 0 Å². The van der Waals surface area contributed by atoms with Gasteiger partial charge in [-0.05, 0) is 29.8 Å². The fraction of sp³-hybridized carbons (Fsp3) is 0.667. The van der Waals surface area contributed by atoms with Crippen LogP contribution in [0.15, 0.2) is 4.73 Å². The predicted molar refractivity (Wildman–Crippen MR) is 94.6 cm³/mol. The Hall–Kier alpha value is -1.45. The maximum atomic E-state index is 5.56. The number of ether oxygens (including phenoxy) is 2. The van der Waals surface area contributed by atoms with Crippen molar-refractivity contribution < 1.29 is 9.47 Å². The Labute approximate surface area is 148 Å². The van der Waals surface area contributed by atoms with Crippen molar-refractivity contribution in [2.24, 2.45) is 0 Å². The number of H-pyrrole nitrogens is 1. The standard InChI is InChI=1S/C15H21BrN6O2/c1-9-7-23-5-3-21(9)13-11-12(18-14(16)17-11)19-15(20-13)22-4-6-24-8-10(22)2/h9-10H,3-8H2,1-2H3,(H,17,18,19,20). The van der Waals surface area contributed by atoms with Gasteiger partial charge in [0.1, 0.15) is 0 Å². The van der Waals surface area contributed by atoms with E-state index < -0.39 is 0 Å². The molecule has 4 rings (SSSR count). The van der Waals surface area contributed by atoms with Gasteiger partial charge in [-0.2, -0.15) is 9.97 Å². The summed E-state index contributed by atoms with van der Waals surface area (Å²) in [6.45, 7) is 8.65. The number of nitrogens with zero attached hydrogens (tertiary/aromatic N) is 5. The van der Waals surface area contributed by atoms with Crippen molar-refractivity contribution >= 4 is 38.9 Å². The lowest BCUT2D eigenvalue weighted by molar-refractivity contribution is 0.0973. The molecule has 0 amide bonds. The molecule has 0 aromatic carbocycles. The average molecular weight is 397 g/mol. The summed E-state index contributed by atoms with van der Waals surface area (Å²) in [5.41, 5.74) is 1.54. The molecule has 0 spiro atoms. The first-order chi connectivity index (χ1) is 11.6. The molecule has 2 unspecified atom stereocenters. The van der Waals surface area contributed by atoms with E-state index >= 15 is 0 Å². The molecule has 130 valence electrons. The molecule has 8 nitrogen and oxygen atoms in total. The van der Waals surface area contributed by atoms with E-state index in [1.54, 1.807) is 0 Å². The van der Waals surface area contributed by atoms with Gasteiger partial charge in [0.25, 0.3) is 0 Å². The lowest BCUT2D eigenvalue weighted by Gasteiger charge is -2.36. The van der Waals surface area contributed by atoms with Crippen molar-refractivity contribution in [1.82, 2.24) is 19.9 Å². The Bertz CT molecular complexity index is 738. The van der Waals surface area contributed by atoms with Crippen molar-refractivity contribution in [1.29, 1.82) is 0 Å². The summed E-state index contributed by atoms with van der Waals surface area (Å²) in [4.78, 5) is 21.8. The van der Waals surface area contributed by atoms with E-state index in [0.29, 0.717) is 31.2 Å². The second-order valence-corrected chi connectivity index (χ2v) is 7.06. The third-order valence-corrected chi connectivity index (χ3v) is 4.93. The Morgan fingerprint density at radius 2 is 1.67 bits per heavy atom. The summed E-state index contributed by atoms with van der Waals surface area (Å²) < 4.78 is 11.8. The molecular weight excluding hydrogens is 376 g/mol. The molecule has 2 atom stereocenters. The van der Waals surface area contributed by atoms with Crippen LogP contribution in [0.1, 0.15) is 13.8 Å². The zero-order valence-electron chi connectivity index (χ0n) is 13.8. The summed E-state index contributed by atoms with van der Waals surface area (Å²) in [5, 5.41) is 0. The van der Waals surface area contributed by atoms with Crippen molar-refractivity contribution in [2.75, 3.05) is 49.3 Å². The van der Waals surface area contributed by atoms with Crippen LogP contribution in [-0.2, 0) is 9.47 Å². The quantitative estimate of drug-likeness (QED) is 0.771. The van der Waals surface area contributed by atoms with Crippen LogP contribution >= 0.6 is 15.9 Å². The van der Waals surface area contributed by atoms with Crippen LogP contribution in [0.4, 0.5) is 11.8 Å². The summed E-state index contributed by atoms with van der Waals surface area (Å²) in [6.07, 6.45) is 0. The number of rotatable bonds is 2. The predicted octanol–water partition coefficient (Wildman–Crippen LogP) is 1.57. The minimum Gasteiger partial charge on any atom is -0.377 e. The highest BCUT2D eigenvalue weighted by atomic mass is 79.9. The fourth-order valence-electron chi connectivity index (χ4n) is 3.24. The van der Waals surface area contributed by atoms with E-state index in [1.165, 1.54) is 0 Å². The SMILES string of the molecule is CC1COCCN1c1nc(N2CCOCC2C)c2nc(Br)[nH]c2n1. The Morgan fingerprint density at radius 1 is 1.00 bits per heavy atom. The van der Waals surface area contributed by atoms with Crippen LogP contribution in [0.3, 0.4) is 0 Å². The molecule has 0 aliphatic carbocycles. The van der Waals surface area contributed by atoms with Crippen molar-refractivity contribution in [3.8, 4) is 0 Å². The lowest BCUT2D eigenvalue weighted by Crippen LogP contribution is -2.46. The first-order valence-electron chi connectivity index (χ1n) is 8.25. The molecule has 0 radical (unpaired) electrons. The molecule has 2 aliphatic heterocycles. The molecule has 24 heavy (non-hydrogen) atoms. The number of imidazole rings is 1. The number of anilines is 2. The maximum absolute atomic E-state index is 5.56. The zero-order valence-corrected chi connectivity index (χ0v) is 15.4. The van der Waals surface area contributed by atoms with Gasteiger partial charge in [0.15, 0.2) is 21.7 Å². The molecule has 4 heterocycles. The Morgan fingerprint density at radius 3 is 2.33 bits per heavy atom. The van der Waals surface area contributed by atoms with Crippen molar-refractivity contribution in [3.63, 3.8) is 0 Å². The number of hydrogen-bond acceptors (Lipinski definition) is 7. The topological polar surface area (TPSA) is 79.4 Å². The number of aromatic amines is 1. The Kier molecular flexibility index (Phi) is 4.31. The number of morpholine rings is 2. The minimum atomic E-state index is 0.248. The first-order valence-corrected chi connectivity index (χ1v) is 9.05. The molecule has 2 aromatic heterocycles. The van der Waals surface area contributed by atoms with Gasteiger partial charge in [-0.1, -0.05) is 0 Å². The number of aromatic nitrogens is 4. The number of hydrogen-bond donors (Lipinski definition) is 1. The van der Waals surface area contributed by atoms with E-state index in [1.807, 2.05) is 0 Å². The second kappa shape index (κ2) is 6.45. The monoisotopic (exact) mass is 396 g/mol. The molecule has 0 bridgehead atoms. The van der Waals surface area contributed by atoms with Crippen LogP contribution in [0.25, 0.3) is 11.2 Å². The normalized spacial score (nSPS) is 25.5. The number of fused-ring (bicyclic) bond motifs is 1. The van der Waals surface area contributed by atoms with E-state index in [-0.39, 0.29) is 12.1 Å². The molecule has 2 aliphatic rings. The highest BCUT2D eigenvalue weighted by Gasteiger charge is 2.28. The van der Waals surface area contributed by atoms with E-state index in [2.05, 4.69) is 49.5 Å². The minimum absolute atomic E-state index is 0.248. The summed E-state index contributed by atoms with van der Waals surface area (Å²) in [7, 11) is 0. The smallest absolute Gasteiger partial charge is 0.229 e. The van der Waals surface area contributed by atoms with Crippen LogP contribution in [0, 0.1) is 0 Å². The van der Waals surface area contributed by atoms with Crippen molar-refractivity contribution in [3.05, 3.63) is 4.73 Å². The van der Waals surface area contributed by atoms with E-state index in [9.17, 15) is 0 Å². The van der Waals surface area contributed by atoms with Gasteiger partial charge in [-0.25, -0.2) is 4.98 Å². The van der Waals surface area contributed by atoms with Crippen LogP contribution in [0.2, 0.25) is 0 Å². The highest BCUT2D eigenvalue weighted by Crippen LogP contribution is 2.29. The molecule has 2 saturated heterocycles. The van der Waals surface area contributed by atoms with Gasteiger partial charge >= 0.3 is 0 Å². The van der Waals surface area contributed by atoms with Gasteiger partial charge in [-0.3, -0.25) is 0 Å². The Balaban J connectivity index is 1.81. The van der Waals surface area contributed by atoms with Crippen molar-refractivity contribution in [2.45, 2.75) is 25.9 Å². The van der Waals surface area contributed by atoms with Crippen LogP contribution in [0.5, 0.6) is 0 Å². The van der Waals surface area contributed by atoms with Crippen LogP contribution in [-0.4, -0.2) is 71.5 Å².